The summed E-state index contributed by atoms with van der Waals surface area (Å²) in [4.78, 5) is 19.7. The van der Waals surface area contributed by atoms with E-state index < -0.39 is 0 Å². The molecule has 2 aromatic rings. The minimum Gasteiger partial charge on any atom is -0.338 e. The molecule has 106 valence electrons. The zero-order chi connectivity index (χ0) is 14.2. The van der Waals surface area contributed by atoms with Crippen molar-refractivity contribution in [2.24, 2.45) is 0 Å². The van der Waals surface area contributed by atoms with E-state index in [0.717, 1.165) is 30.8 Å². The van der Waals surface area contributed by atoms with Crippen molar-refractivity contribution in [3.63, 3.8) is 0 Å². The maximum atomic E-state index is 12.4. The molecule has 5 heteroatoms. The van der Waals surface area contributed by atoms with Crippen LogP contribution in [-0.2, 0) is 5.41 Å². The zero-order valence-corrected chi connectivity index (χ0v) is 13.4. The SMILES string of the molecule is Cc1csc(C(=O)N2CCC(C)(c3nccs3)CC2)c1. The smallest absolute Gasteiger partial charge is 0.263 e. The number of amides is 1. The predicted octanol–water partition coefficient (Wildman–Crippen LogP) is 3.71. The van der Waals surface area contributed by atoms with Gasteiger partial charge in [0, 0.05) is 30.1 Å². The second-order valence-corrected chi connectivity index (χ2v) is 7.48. The monoisotopic (exact) mass is 306 g/mol. The molecular formula is C15H18N2OS2. The van der Waals surface area contributed by atoms with Crippen molar-refractivity contribution in [2.75, 3.05) is 13.1 Å². The van der Waals surface area contributed by atoms with E-state index in [1.54, 1.807) is 22.7 Å². The van der Waals surface area contributed by atoms with Gasteiger partial charge in [0.1, 0.15) is 0 Å². The molecule has 1 fully saturated rings. The molecule has 0 aromatic carbocycles. The van der Waals surface area contributed by atoms with Crippen LogP contribution >= 0.6 is 22.7 Å². The normalized spacial score (nSPS) is 18.2. The Morgan fingerprint density at radius 3 is 2.65 bits per heavy atom. The van der Waals surface area contributed by atoms with Crippen LogP contribution in [0, 0.1) is 6.92 Å². The highest BCUT2D eigenvalue weighted by Crippen LogP contribution is 2.36. The number of aryl methyl sites for hydroxylation is 1. The summed E-state index contributed by atoms with van der Waals surface area (Å²) in [5.74, 6) is 0.185. The van der Waals surface area contributed by atoms with Crippen LogP contribution in [0.15, 0.2) is 23.0 Å². The van der Waals surface area contributed by atoms with E-state index in [0.29, 0.717) is 0 Å². The Balaban J connectivity index is 1.68. The summed E-state index contributed by atoms with van der Waals surface area (Å²) >= 11 is 3.27. The summed E-state index contributed by atoms with van der Waals surface area (Å²) in [6.07, 6.45) is 3.87. The quantitative estimate of drug-likeness (QED) is 0.847. The van der Waals surface area contributed by atoms with Gasteiger partial charge in [0.25, 0.3) is 5.91 Å². The number of carbonyl (C=O) groups is 1. The summed E-state index contributed by atoms with van der Waals surface area (Å²) in [6.45, 7) is 5.95. The number of piperidine rings is 1. The molecule has 1 aliphatic rings. The van der Waals surface area contributed by atoms with Crippen LogP contribution in [0.1, 0.15) is 40.0 Å². The fourth-order valence-corrected chi connectivity index (χ4v) is 4.36. The molecule has 0 spiro atoms. The molecule has 0 unspecified atom stereocenters. The van der Waals surface area contributed by atoms with Crippen molar-refractivity contribution in [3.05, 3.63) is 38.5 Å². The van der Waals surface area contributed by atoms with Crippen molar-refractivity contribution >= 4 is 28.6 Å². The van der Waals surface area contributed by atoms with Crippen molar-refractivity contribution in [3.8, 4) is 0 Å². The zero-order valence-electron chi connectivity index (χ0n) is 11.8. The van der Waals surface area contributed by atoms with E-state index in [1.165, 1.54) is 10.6 Å². The van der Waals surface area contributed by atoms with Gasteiger partial charge in [-0.15, -0.1) is 22.7 Å². The van der Waals surface area contributed by atoms with Crippen molar-refractivity contribution in [1.82, 2.24) is 9.88 Å². The van der Waals surface area contributed by atoms with Gasteiger partial charge >= 0.3 is 0 Å². The average molecular weight is 306 g/mol. The number of nitrogens with zero attached hydrogens (tertiary/aromatic N) is 2. The maximum Gasteiger partial charge on any atom is 0.263 e. The van der Waals surface area contributed by atoms with Crippen LogP contribution < -0.4 is 0 Å². The van der Waals surface area contributed by atoms with E-state index in [9.17, 15) is 4.79 Å². The van der Waals surface area contributed by atoms with Gasteiger partial charge in [0.05, 0.1) is 9.88 Å². The molecule has 0 bridgehead atoms. The third-order valence-corrected chi connectivity index (χ3v) is 6.16. The lowest BCUT2D eigenvalue weighted by molar-refractivity contribution is 0.0681. The summed E-state index contributed by atoms with van der Waals surface area (Å²) in [6, 6.07) is 1.99. The molecule has 3 heterocycles. The summed E-state index contributed by atoms with van der Waals surface area (Å²) in [5, 5.41) is 5.28. The Hall–Kier alpha value is -1.20. The number of hydrogen-bond donors (Lipinski definition) is 0. The van der Waals surface area contributed by atoms with Gasteiger partial charge in [-0.2, -0.15) is 0 Å². The van der Waals surface area contributed by atoms with Gasteiger partial charge in [0.2, 0.25) is 0 Å². The number of hydrogen-bond acceptors (Lipinski definition) is 4. The first kappa shape index (κ1) is 13.8. The lowest BCUT2D eigenvalue weighted by atomic mass is 9.81. The first-order valence-corrected chi connectivity index (χ1v) is 8.59. The Kier molecular flexibility index (Phi) is 3.65. The molecule has 2 aromatic heterocycles. The first-order chi connectivity index (χ1) is 9.58. The lowest BCUT2D eigenvalue weighted by Gasteiger charge is -2.38. The standard InChI is InChI=1S/C15H18N2OS2/c1-11-9-12(20-10-11)13(18)17-6-3-15(2,4-7-17)14-16-5-8-19-14/h5,8-10H,3-4,6-7H2,1-2H3. The van der Waals surface area contributed by atoms with Gasteiger partial charge in [-0.25, -0.2) is 4.98 Å². The molecular weight excluding hydrogens is 288 g/mol. The minimum atomic E-state index is 0.135. The second kappa shape index (κ2) is 5.30. The van der Waals surface area contributed by atoms with Crippen molar-refractivity contribution < 1.29 is 4.79 Å². The summed E-state index contributed by atoms with van der Waals surface area (Å²) in [5.41, 5.74) is 1.30. The van der Waals surface area contributed by atoms with Crippen LogP contribution in [0.4, 0.5) is 0 Å². The minimum absolute atomic E-state index is 0.135. The van der Waals surface area contributed by atoms with E-state index in [1.807, 2.05) is 34.8 Å². The van der Waals surface area contributed by atoms with Crippen molar-refractivity contribution in [2.45, 2.75) is 32.1 Å². The molecule has 3 rings (SSSR count). The maximum absolute atomic E-state index is 12.4. The topological polar surface area (TPSA) is 33.2 Å². The Labute approximate surface area is 127 Å². The third-order valence-electron chi connectivity index (χ3n) is 4.04. The molecule has 0 radical (unpaired) electrons. The van der Waals surface area contributed by atoms with Gasteiger partial charge in [-0.3, -0.25) is 4.79 Å². The van der Waals surface area contributed by atoms with Crippen LogP contribution in [0.25, 0.3) is 0 Å². The number of aromatic nitrogens is 1. The predicted molar refractivity (Wildman–Crippen MR) is 83.7 cm³/mol. The highest BCUT2D eigenvalue weighted by atomic mass is 32.1. The molecule has 0 N–H and O–H groups in total. The fraction of sp³-hybridized carbons (Fsp3) is 0.467. The second-order valence-electron chi connectivity index (χ2n) is 5.68. The van der Waals surface area contributed by atoms with Gasteiger partial charge < -0.3 is 4.90 Å². The number of thiophene rings is 1. The van der Waals surface area contributed by atoms with Gasteiger partial charge in [-0.1, -0.05) is 6.92 Å². The Morgan fingerprint density at radius 2 is 2.10 bits per heavy atom. The highest BCUT2D eigenvalue weighted by Gasteiger charge is 2.35. The Bertz CT molecular complexity index is 595. The fourth-order valence-electron chi connectivity index (χ4n) is 2.64. The molecule has 3 nitrogen and oxygen atoms in total. The lowest BCUT2D eigenvalue weighted by Crippen LogP contribution is -2.43. The highest BCUT2D eigenvalue weighted by molar-refractivity contribution is 7.12. The van der Waals surface area contributed by atoms with E-state index in [2.05, 4.69) is 11.9 Å². The number of carbonyl (C=O) groups excluding carboxylic acids is 1. The molecule has 1 amide bonds. The van der Waals surface area contributed by atoms with Crippen LogP contribution in [0.3, 0.4) is 0 Å². The van der Waals surface area contributed by atoms with Crippen LogP contribution in [0.2, 0.25) is 0 Å². The molecule has 20 heavy (non-hydrogen) atoms. The van der Waals surface area contributed by atoms with E-state index in [-0.39, 0.29) is 11.3 Å². The summed E-state index contributed by atoms with van der Waals surface area (Å²) in [7, 11) is 0. The number of rotatable bonds is 2. The molecule has 0 aliphatic carbocycles. The van der Waals surface area contributed by atoms with Crippen molar-refractivity contribution in [1.29, 1.82) is 0 Å². The van der Waals surface area contributed by atoms with Crippen LogP contribution in [0.5, 0.6) is 0 Å². The number of thiazole rings is 1. The largest absolute Gasteiger partial charge is 0.338 e. The number of likely N-dealkylation sites (tertiary alicyclic amines) is 1. The molecule has 1 saturated heterocycles. The molecule has 1 aliphatic heterocycles. The first-order valence-electron chi connectivity index (χ1n) is 6.83. The van der Waals surface area contributed by atoms with Gasteiger partial charge in [0.15, 0.2) is 0 Å². The molecule has 0 atom stereocenters. The third kappa shape index (κ3) is 2.52. The average Bonchev–Trinajstić information content (AvgIpc) is 3.10. The van der Waals surface area contributed by atoms with Crippen LogP contribution in [-0.4, -0.2) is 28.9 Å². The summed E-state index contributed by atoms with van der Waals surface area (Å²) < 4.78 is 0. The van der Waals surface area contributed by atoms with E-state index in [4.69, 9.17) is 0 Å². The molecule has 0 saturated carbocycles. The Morgan fingerprint density at radius 1 is 1.35 bits per heavy atom. The van der Waals surface area contributed by atoms with E-state index >= 15 is 0 Å². The van der Waals surface area contributed by atoms with Gasteiger partial charge in [-0.05, 0) is 36.8 Å².